The average molecular weight is 349 g/mol. The van der Waals surface area contributed by atoms with E-state index >= 15 is 0 Å². The molecule has 4 heteroatoms. The van der Waals surface area contributed by atoms with E-state index in [1.165, 1.54) is 11.8 Å². The van der Waals surface area contributed by atoms with Crippen LogP contribution in [-0.2, 0) is 9.84 Å². The van der Waals surface area contributed by atoms with Crippen molar-refractivity contribution in [1.29, 1.82) is 0 Å². The minimum absolute atomic E-state index is 0.312. The second-order valence-corrected chi connectivity index (χ2v) is 8.17. The number of rotatable bonds is 2. The highest BCUT2D eigenvalue weighted by atomic mass is 32.2. The van der Waals surface area contributed by atoms with Gasteiger partial charge in [0, 0.05) is 17.5 Å². The molecule has 1 N–H and O–H groups in total. The number of benzene rings is 2. The van der Waals surface area contributed by atoms with Gasteiger partial charge >= 0.3 is 0 Å². The zero-order valence-electron chi connectivity index (χ0n) is 14.4. The van der Waals surface area contributed by atoms with Crippen LogP contribution in [0.5, 0.6) is 0 Å². The highest BCUT2D eigenvalue weighted by molar-refractivity contribution is 7.90. The molecule has 2 aromatic carbocycles. The Morgan fingerprint density at radius 1 is 0.880 bits per heavy atom. The molecule has 0 aliphatic carbocycles. The Kier molecular flexibility index (Phi) is 4.52. The average Bonchev–Trinajstić information content (AvgIpc) is 2.94. The maximum Gasteiger partial charge on any atom is 0.175 e. The minimum atomic E-state index is -3.19. The molecule has 0 saturated heterocycles. The summed E-state index contributed by atoms with van der Waals surface area (Å²) in [4.78, 5) is 3.62. The summed E-state index contributed by atoms with van der Waals surface area (Å²) in [7, 11) is -3.19. The van der Waals surface area contributed by atoms with Gasteiger partial charge in [0.2, 0.25) is 0 Å². The fraction of sp³-hybridized carbons (Fsp3) is 0.143. The summed E-state index contributed by atoms with van der Waals surface area (Å²) in [5.41, 5.74) is 5.88. The third kappa shape index (κ3) is 4.01. The Hall–Kier alpha value is -2.77. The normalized spacial score (nSPS) is 11.0. The number of aromatic amines is 1. The number of aromatic nitrogens is 1. The summed E-state index contributed by atoms with van der Waals surface area (Å²) < 4.78 is 23.2. The number of H-pyrrole nitrogens is 1. The second-order valence-electron chi connectivity index (χ2n) is 6.15. The number of nitrogens with one attached hydrogen (secondary N) is 1. The maximum absolute atomic E-state index is 11.6. The van der Waals surface area contributed by atoms with Crippen LogP contribution in [0.4, 0.5) is 0 Å². The molecule has 1 heterocycles. The van der Waals surface area contributed by atoms with Gasteiger partial charge in [-0.2, -0.15) is 0 Å². The predicted molar refractivity (Wildman–Crippen MR) is 101 cm³/mol. The zero-order valence-corrected chi connectivity index (χ0v) is 15.2. The van der Waals surface area contributed by atoms with Crippen LogP contribution >= 0.6 is 0 Å². The summed E-state index contributed by atoms with van der Waals surface area (Å²) >= 11 is 0. The lowest BCUT2D eigenvalue weighted by molar-refractivity contribution is 0.602. The van der Waals surface area contributed by atoms with Gasteiger partial charge in [0.1, 0.15) is 0 Å². The molecule has 3 rings (SSSR count). The molecule has 0 bridgehead atoms. The molecule has 3 aromatic rings. The maximum atomic E-state index is 11.6. The molecule has 0 spiro atoms. The van der Waals surface area contributed by atoms with E-state index in [0.29, 0.717) is 4.90 Å². The van der Waals surface area contributed by atoms with Crippen molar-refractivity contribution in [2.75, 3.05) is 6.26 Å². The van der Waals surface area contributed by atoms with Crippen LogP contribution in [0.15, 0.2) is 59.5 Å². The largest absolute Gasteiger partial charge is 0.358 e. The molecule has 3 nitrogen and oxygen atoms in total. The van der Waals surface area contributed by atoms with E-state index < -0.39 is 9.84 Å². The highest BCUT2D eigenvalue weighted by Crippen LogP contribution is 2.24. The van der Waals surface area contributed by atoms with E-state index in [9.17, 15) is 8.42 Å². The zero-order chi connectivity index (χ0) is 18.0. The van der Waals surface area contributed by atoms with Crippen molar-refractivity contribution < 1.29 is 8.42 Å². The Balaban J connectivity index is 1.98. The molecular formula is C21H19NO2S. The third-order valence-corrected chi connectivity index (χ3v) is 5.05. The van der Waals surface area contributed by atoms with E-state index in [1.54, 1.807) is 24.3 Å². The quantitative estimate of drug-likeness (QED) is 0.708. The van der Waals surface area contributed by atoms with Gasteiger partial charge in [0.25, 0.3) is 0 Å². The summed E-state index contributed by atoms with van der Waals surface area (Å²) in [5, 5.41) is 0. The van der Waals surface area contributed by atoms with Crippen LogP contribution in [-0.4, -0.2) is 19.7 Å². The molecule has 0 saturated carbocycles. The number of aryl methyl sites for hydroxylation is 2. The topological polar surface area (TPSA) is 49.9 Å². The number of hydrogen-bond acceptors (Lipinski definition) is 2. The van der Waals surface area contributed by atoms with Crippen LogP contribution in [0, 0.1) is 25.7 Å². The SMILES string of the molecule is Cc1ccc(C#Cc2cc(C)[nH]c2-c2ccc(S(C)(=O)=O)cc2)cc1. The number of sulfone groups is 1. The third-order valence-electron chi connectivity index (χ3n) is 3.92. The standard InChI is InChI=1S/C21H19NO2S/c1-15-4-6-17(7-5-15)8-9-19-14-16(2)22-21(19)18-10-12-20(13-11-18)25(3,23)24/h4-7,10-14,22H,1-3H3. The van der Waals surface area contributed by atoms with Crippen molar-refractivity contribution in [3.63, 3.8) is 0 Å². The van der Waals surface area contributed by atoms with Crippen LogP contribution in [0.2, 0.25) is 0 Å². The molecular weight excluding hydrogens is 330 g/mol. The molecule has 126 valence electrons. The highest BCUT2D eigenvalue weighted by Gasteiger charge is 2.10. The summed E-state index contributed by atoms with van der Waals surface area (Å²) in [6.45, 7) is 4.02. The molecule has 1 aromatic heterocycles. The summed E-state index contributed by atoms with van der Waals surface area (Å²) in [6, 6.07) is 16.9. The first kappa shape index (κ1) is 17.1. The van der Waals surface area contributed by atoms with Gasteiger partial charge in [0.05, 0.1) is 16.2 Å². The van der Waals surface area contributed by atoms with Crippen molar-refractivity contribution in [2.45, 2.75) is 18.7 Å². The van der Waals surface area contributed by atoms with Crippen molar-refractivity contribution in [3.05, 3.63) is 77.0 Å². The molecule has 0 unspecified atom stereocenters. The van der Waals surface area contributed by atoms with E-state index in [-0.39, 0.29) is 0 Å². The molecule has 0 amide bonds. The van der Waals surface area contributed by atoms with Crippen LogP contribution in [0.3, 0.4) is 0 Å². The molecule has 0 atom stereocenters. The van der Waals surface area contributed by atoms with E-state index in [0.717, 1.165) is 28.1 Å². The lowest BCUT2D eigenvalue weighted by Gasteiger charge is -2.02. The molecule has 25 heavy (non-hydrogen) atoms. The van der Waals surface area contributed by atoms with Crippen molar-refractivity contribution in [2.24, 2.45) is 0 Å². The van der Waals surface area contributed by atoms with E-state index in [1.807, 2.05) is 44.2 Å². The Labute approximate surface area is 148 Å². The van der Waals surface area contributed by atoms with Crippen LogP contribution in [0.25, 0.3) is 11.3 Å². The van der Waals surface area contributed by atoms with Gasteiger partial charge in [-0.05, 0) is 49.7 Å². The van der Waals surface area contributed by atoms with E-state index in [4.69, 9.17) is 0 Å². The first-order valence-electron chi connectivity index (χ1n) is 7.92. The second kappa shape index (κ2) is 6.62. The summed E-state index contributed by atoms with van der Waals surface area (Å²) in [5.74, 6) is 6.40. The van der Waals surface area contributed by atoms with Gasteiger partial charge in [-0.3, -0.25) is 0 Å². The van der Waals surface area contributed by atoms with Crippen molar-refractivity contribution >= 4 is 9.84 Å². The monoisotopic (exact) mass is 349 g/mol. The minimum Gasteiger partial charge on any atom is -0.358 e. The fourth-order valence-electron chi connectivity index (χ4n) is 2.56. The predicted octanol–water partition coefficient (Wildman–Crippen LogP) is 4.10. The molecule has 0 aliphatic rings. The van der Waals surface area contributed by atoms with Crippen LogP contribution < -0.4 is 0 Å². The fourth-order valence-corrected chi connectivity index (χ4v) is 3.19. The van der Waals surface area contributed by atoms with Crippen molar-refractivity contribution in [1.82, 2.24) is 4.98 Å². The first-order valence-corrected chi connectivity index (χ1v) is 9.81. The van der Waals surface area contributed by atoms with Crippen molar-refractivity contribution in [3.8, 4) is 23.1 Å². The van der Waals surface area contributed by atoms with Gasteiger partial charge in [-0.15, -0.1) is 0 Å². The van der Waals surface area contributed by atoms with Gasteiger partial charge in [-0.25, -0.2) is 8.42 Å². The van der Waals surface area contributed by atoms with E-state index in [2.05, 4.69) is 16.8 Å². The van der Waals surface area contributed by atoms with Gasteiger partial charge in [0.15, 0.2) is 9.84 Å². The van der Waals surface area contributed by atoms with Gasteiger partial charge < -0.3 is 4.98 Å². The molecule has 0 radical (unpaired) electrons. The van der Waals surface area contributed by atoms with Crippen LogP contribution in [0.1, 0.15) is 22.4 Å². The smallest absolute Gasteiger partial charge is 0.175 e. The Morgan fingerprint density at radius 3 is 2.12 bits per heavy atom. The Morgan fingerprint density at radius 2 is 1.52 bits per heavy atom. The number of hydrogen-bond donors (Lipinski definition) is 1. The van der Waals surface area contributed by atoms with Gasteiger partial charge in [-0.1, -0.05) is 41.7 Å². The summed E-state index contributed by atoms with van der Waals surface area (Å²) in [6.07, 6.45) is 1.21. The Bertz CT molecular complexity index is 1060. The first-order chi connectivity index (χ1) is 11.8. The lowest BCUT2D eigenvalue weighted by atomic mass is 10.1. The lowest BCUT2D eigenvalue weighted by Crippen LogP contribution is -1.96. The molecule has 0 fully saturated rings. The molecule has 0 aliphatic heterocycles.